The Hall–Kier alpha value is -1.25. The quantitative estimate of drug-likeness (QED) is 0.626. The van der Waals surface area contributed by atoms with Crippen molar-refractivity contribution in [2.45, 2.75) is 32.5 Å². The zero-order chi connectivity index (χ0) is 16.1. The van der Waals surface area contributed by atoms with E-state index in [1.54, 1.807) is 0 Å². The molecular formula is C11H12F6O3. The Kier molecular flexibility index (Phi) is 3.67. The third-order valence-corrected chi connectivity index (χ3v) is 3.69. The number of hydrogen-bond acceptors (Lipinski definition) is 2. The van der Waals surface area contributed by atoms with Crippen molar-refractivity contribution >= 4 is 5.97 Å². The summed E-state index contributed by atoms with van der Waals surface area (Å²) in [6.07, 6.45) is -13.7. The molecule has 20 heavy (non-hydrogen) atoms. The molecule has 0 saturated heterocycles. The van der Waals surface area contributed by atoms with Gasteiger partial charge in [0.2, 0.25) is 0 Å². The van der Waals surface area contributed by atoms with Gasteiger partial charge in [-0.15, -0.1) is 6.58 Å². The standard InChI is InChI=1S/C11H12F6O3/c1-4-9(7(18)19)5(8(9,2)3)11(16,17)20-6(12)10(13,14)15/h4-6H,1H2,2-3H3,(H,18,19). The number of halogens is 6. The van der Waals surface area contributed by atoms with Crippen molar-refractivity contribution in [1.82, 2.24) is 0 Å². The Balaban J connectivity index is 3.06. The second-order valence-corrected chi connectivity index (χ2v) is 5.07. The molecular weight excluding hydrogens is 294 g/mol. The average Bonchev–Trinajstić information content (AvgIpc) is 2.75. The van der Waals surface area contributed by atoms with Crippen molar-refractivity contribution in [3.63, 3.8) is 0 Å². The lowest BCUT2D eigenvalue weighted by molar-refractivity contribution is -0.367. The average molecular weight is 306 g/mol. The maximum atomic E-state index is 13.7. The van der Waals surface area contributed by atoms with Gasteiger partial charge in [0, 0.05) is 0 Å². The van der Waals surface area contributed by atoms with Crippen LogP contribution >= 0.6 is 0 Å². The summed E-state index contributed by atoms with van der Waals surface area (Å²) >= 11 is 0. The van der Waals surface area contributed by atoms with Gasteiger partial charge >= 0.3 is 18.3 Å². The molecule has 1 N–H and O–H groups in total. The molecule has 0 aromatic carbocycles. The number of hydrogen-bond donors (Lipinski definition) is 1. The number of carboxylic acids is 1. The highest BCUT2D eigenvalue weighted by molar-refractivity contribution is 5.83. The van der Waals surface area contributed by atoms with Crippen LogP contribution in [0.4, 0.5) is 26.3 Å². The Morgan fingerprint density at radius 1 is 1.35 bits per heavy atom. The van der Waals surface area contributed by atoms with E-state index in [1.807, 2.05) is 0 Å². The van der Waals surface area contributed by atoms with Gasteiger partial charge in [0.1, 0.15) is 5.41 Å². The summed E-state index contributed by atoms with van der Waals surface area (Å²) in [6, 6.07) is 0. The smallest absolute Gasteiger partial charge is 0.445 e. The van der Waals surface area contributed by atoms with E-state index < -0.39 is 41.4 Å². The van der Waals surface area contributed by atoms with E-state index in [4.69, 9.17) is 5.11 Å². The van der Waals surface area contributed by atoms with Crippen LogP contribution in [0.3, 0.4) is 0 Å². The third-order valence-electron chi connectivity index (χ3n) is 3.69. The van der Waals surface area contributed by atoms with Crippen molar-refractivity contribution in [3.8, 4) is 0 Å². The first kappa shape index (κ1) is 16.8. The van der Waals surface area contributed by atoms with Gasteiger partial charge < -0.3 is 5.11 Å². The molecule has 1 fully saturated rings. The zero-order valence-corrected chi connectivity index (χ0v) is 10.5. The second-order valence-electron chi connectivity index (χ2n) is 5.07. The van der Waals surface area contributed by atoms with Crippen LogP contribution in [0.25, 0.3) is 0 Å². The first-order valence-electron chi connectivity index (χ1n) is 5.38. The summed E-state index contributed by atoms with van der Waals surface area (Å²) in [6.45, 7) is 5.32. The van der Waals surface area contributed by atoms with E-state index in [0.29, 0.717) is 6.08 Å². The van der Waals surface area contributed by atoms with Crippen LogP contribution in [0.5, 0.6) is 0 Å². The van der Waals surface area contributed by atoms with Crippen LogP contribution in [0, 0.1) is 16.7 Å². The van der Waals surface area contributed by atoms with Crippen LogP contribution in [0.15, 0.2) is 12.7 Å². The molecule has 3 atom stereocenters. The number of carboxylic acid groups (broad SMARTS) is 1. The zero-order valence-electron chi connectivity index (χ0n) is 10.5. The highest BCUT2D eigenvalue weighted by Gasteiger charge is 2.83. The summed E-state index contributed by atoms with van der Waals surface area (Å²) in [5.41, 5.74) is -3.81. The van der Waals surface area contributed by atoms with E-state index in [9.17, 15) is 31.1 Å². The minimum Gasteiger partial charge on any atom is -0.481 e. The molecule has 0 aromatic heterocycles. The predicted octanol–water partition coefficient (Wildman–Crippen LogP) is 3.37. The second kappa shape index (κ2) is 4.37. The Morgan fingerprint density at radius 2 is 1.80 bits per heavy atom. The molecule has 0 heterocycles. The molecule has 116 valence electrons. The van der Waals surface area contributed by atoms with Crippen LogP contribution < -0.4 is 0 Å². The molecule has 1 rings (SSSR count). The highest BCUT2D eigenvalue weighted by Crippen LogP contribution is 2.74. The van der Waals surface area contributed by atoms with Crippen LogP contribution in [-0.2, 0) is 9.53 Å². The van der Waals surface area contributed by atoms with E-state index in [2.05, 4.69) is 11.3 Å². The lowest BCUT2D eigenvalue weighted by Crippen LogP contribution is -2.38. The number of alkyl halides is 6. The summed E-state index contributed by atoms with van der Waals surface area (Å²) in [7, 11) is 0. The molecule has 0 aliphatic heterocycles. The first-order valence-corrected chi connectivity index (χ1v) is 5.38. The van der Waals surface area contributed by atoms with Gasteiger partial charge in [-0.2, -0.15) is 22.0 Å². The van der Waals surface area contributed by atoms with Crippen LogP contribution in [0.2, 0.25) is 0 Å². The fraction of sp³-hybridized carbons (Fsp3) is 0.727. The third kappa shape index (κ3) is 2.17. The van der Waals surface area contributed by atoms with Crippen LogP contribution in [-0.4, -0.2) is 29.7 Å². The van der Waals surface area contributed by atoms with Gasteiger partial charge in [0.25, 0.3) is 6.36 Å². The maximum Gasteiger partial charge on any atom is 0.445 e. The fourth-order valence-electron chi connectivity index (χ4n) is 2.62. The van der Waals surface area contributed by atoms with Gasteiger partial charge in [0.05, 0.1) is 5.92 Å². The molecule has 0 amide bonds. The lowest BCUT2D eigenvalue weighted by atomic mass is 9.96. The molecule has 0 bridgehead atoms. The van der Waals surface area contributed by atoms with Crippen LogP contribution in [0.1, 0.15) is 13.8 Å². The van der Waals surface area contributed by atoms with Crippen molar-refractivity contribution in [2.75, 3.05) is 0 Å². The largest absolute Gasteiger partial charge is 0.481 e. The predicted molar refractivity (Wildman–Crippen MR) is 54.5 cm³/mol. The highest BCUT2D eigenvalue weighted by atomic mass is 19.4. The van der Waals surface area contributed by atoms with Gasteiger partial charge in [-0.1, -0.05) is 19.9 Å². The Bertz CT molecular complexity index is 430. The maximum absolute atomic E-state index is 13.7. The fourth-order valence-corrected chi connectivity index (χ4v) is 2.62. The van der Waals surface area contributed by atoms with Crippen molar-refractivity contribution in [1.29, 1.82) is 0 Å². The minimum absolute atomic E-state index is 0.706. The molecule has 1 aliphatic rings. The van der Waals surface area contributed by atoms with Crippen molar-refractivity contribution < 1.29 is 41.0 Å². The normalized spacial score (nSPS) is 30.7. The monoisotopic (exact) mass is 306 g/mol. The number of carbonyl (C=O) groups is 1. The SMILES string of the molecule is C=CC1(C(=O)O)C(C(F)(F)OC(F)C(F)(F)F)C1(C)C. The van der Waals surface area contributed by atoms with Gasteiger partial charge in [-0.25, -0.2) is 4.39 Å². The molecule has 3 nitrogen and oxygen atoms in total. The van der Waals surface area contributed by atoms with E-state index in [0.717, 1.165) is 13.8 Å². The van der Waals surface area contributed by atoms with Gasteiger partial charge in [-0.3, -0.25) is 9.53 Å². The summed E-state index contributed by atoms with van der Waals surface area (Å²) in [5.74, 6) is -3.84. The molecule has 9 heteroatoms. The number of rotatable bonds is 5. The number of aliphatic carboxylic acids is 1. The first-order chi connectivity index (χ1) is 8.75. The summed E-state index contributed by atoms with van der Waals surface area (Å²) < 4.78 is 78.8. The molecule has 0 spiro atoms. The molecule has 0 aromatic rings. The summed E-state index contributed by atoms with van der Waals surface area (Å²) in [4.78, 5) is 11.1. The number of ether oxygens (including phenoxy) is 1. The topological polar surface area (TPSA) is 46.5 Å². The molecule has 1 aliphatic carbocycles. The molecule has 1 saturated carbocycles. The molecule has 3 unspecified atom stereocenters. The van der Waals surface area contributed by atoms with Crippen molar-refractivity contribution in [2.24, 2.45) is 16.7 Å². The lowest BCUT2D eigenvalue weighted by Gasteiger charge is -2.22. The van der Waals surface area contributed by atoms with Gasteiger partial charge in [0.15, 0.2) is 0 Å². The van der Waals surface area contributed by atoms with Gasteiger partial charge in [-0.05, 0) is 5.41 Å². The Labute approximate surface area is 110 Å². The Morgan fingerprint density at radius 3 is 2.05 bits per heavy atom. The van der Waals surface area contributed by atoms with E-state index in [-0.39, 0.29) is 0 Å². The molecule has 0 radical (unpaired) electrons. The minimum atomic E-state index is -5.62. The van der Waals surface area contributed by atoms with E-state index in [1.165, 1.54) is 0 Å². The van der Waals surface area contributed by atoms with E-state index >= 15 is 0 Å². The van der Waals surface area contributed by atoms with Crippen molar-refractivity contribution in [3.05, 3.63) is 12.7 Å². The summed E-state index contributed by atoms with van der Waals surface area (Å²) in [5, 5.41) is 8.99.